The Balaban J connectivity index is 2.14. The Morgan fingerprint density at radius 3 is 2.67 bits per heavy atom. The maximum atomic E-state index is 12.4. The topological polar surface area (TPSA) is 36.4 Å². The molecule has 0 aromatic carbocycles. The van der Waals surface area contributed by atoms with Crippen LogP contribution in [0.3, 0.4) is 0 Å². The lowest BCUT2D eigenvalue weighted by molar-refractivity contribution is 0.0724. The van der Waals surface area contributed by atoms with Gasteiger partial charge in [-0.05, 0) is 32.3 Å². The van der Waals surface area contributed by atoms with Gasteiger partial charge in [-0.15, -0.1) is 0 Å². The van der Waals surface area contributed by atoms with Gasteiger partial charge in [0.25, 0.3) is 5.91 Å². The summed E-state index contributed by atoms with van der Waals surface area (Å²) >= 11 is 6.29. The van der Waals surface area contributed by atoms with Crippen molar-refractivity contribution in [1.29, 1.82) is 0 Å². The molecular formula is C16H22ClN3O. The van der Waals surface area contributed by atoms with Crippen molar-refractivity contribution in [2.24, 2.45) is 0 Å². The molecule has 1 aromatic heterocycles. The van der Waals surface area contributed by atoms with Crippen LogP contribution in [0.1, 0.15) is 36.5 Å². The van der Waals surface area contributed by atoms with E-state index in [0.717, 1.165) is 31.5 Å². The number of hydrogen-bond acceptors (Lipinski definition) is 3. The summed E-state index contributed by atoms with van der Waals surface area (Å²) in [6, 6.07) is 1.72. The third-order valence-corrected chi connectivity index (χ3v) is 3.86. The minimum Gasteiger partial charge on any atom is -0.354 e. The minimum atomic E-state index is 0.0261. The van der Waals surface area contributed by atoms with Crippen molar-refractivity contribution in [2.75, 3.05) is 31.6 Å². The molecule has 1 aromatic rings. The normalized spacial score (nSPS) is 14.9. The van der Waals surface area contributed by atoms with Crippen molar-refractivity contribution in [3.05, 3.63) is 35.0 Å². The van der Waals surface area contributed by atoms with Gasteiger partial charge in [-0.3, -0.25) is 4.79 Å². The Kier molecular flexibility index (Phi) is 5.23. The fourth-order valence-corrected chi connectivity index (χ4v) is 2.90. The quantitative estimate of drug-likeness (QED) is 0.800. The number of halogens is 1. The summed E-state index contributed by atoms with van der Waals surface area (Å²) in [6.07, 6.45) is 4.97. The molecule has 2 rings (SSSR count). The monoisotopic (exact) mass is 307 g/mol. The van der Waals surface area contributed by atoms with Gasteiger partial charge in [-0.2, -0.15) is 0 Å². The minimum absolute atomic E-state index is 0.0261. The summed E-state index contributed by atoms with van der Waals surface area (Å²) in [5, 5.41) is 0.501. The molecule has 0 saturated carbocycles. The van der Waals surface area contributed by atoms with Crippen LogP contribution in [0, 0.1) is 0 Å². The Morgan fingerprint density at radius 2 is 2.10 bits per heavy atom. The zero-order valence-corrected chi connectivity index (χ0v) is 13.5. The maximum Gasteiger partial charge on any atom is 0.255 e. The molecule has 114 valence electrons. The molecule has 2 heterocycles. The van der Waals surface area contributed by atoms with Crippen LogP contribution in [-0.2, 0) is 0 Å². The number of piperidine rings is 1. The summed E-state index contributed by atoms with van der Waals surface area (Å²) < 4.78 is 0. The summed E-state index contributed by atoms with van der Waals surface area (Å²) in [4.78, 5) is 20.6. The highest BCUT2D eigenvalue weighted by atomic mass is 35.5. The second-order valence-electron chi connectivity index (χ2n) is 5.70. The van der Waals surface area contributed by atoms with Crippen LogP contribution >= 0.6 is 11.6 Å². The van der Waals surface area contributed by atoms with Gasteiger partial charge < -0.3 is 9.80 Å². The van der Waals surface area contributed by atoms with E-state index in [1.807, 2.05) is 23.8 Å². The van der Waals surface area contributed by atoms with E-state index >= 15 is 0 Å². The molecule has 21 heavy (non-hydrogen) atoms. The molecule has 0 aliphatic carbocycles. The van der Waals surface area contributed by atoms with Gasteiger partial charge in [-0.25, -0.2) is 4.98 Å². The smallest absolute Gasteiger partial charge is 0.255 e. The molecule has 0 N–H and O–H groups in total. The first kappa shape index (κ1) is 15.8. The van der Waals surface area contributed by atoms with Gasteiger partial charge in [0.1, 0.15) is 5.82 Å². The number of carbonyl (C=O) groups is 1. The largest absolute Gasteiger partial charge is 0.354 e. The highest BCUT2D eigenvalue weighted by molar-refractivity contribution is 6.33. The van der Waals surface area contributed by atoms with Crippen LogP contribution in [0.25, 0.3) is 0 Å². The first-order chi connectivity index (χ1) is 9.99. The summed E-state index contributed by atoms with van der Waals surface area (Å²) in [7, 11) is 1.91. The van der Waals surface area contributed by atoms with Crippen molar-refractivity contribution in [1.82, 2.24) is 9.88 Å². The Bertz CT molecular complexity index is 538. The van der Waals surface area contributed by atoms with Crippen molar-refractivity contribution in [3.8, 4) is 0 Å². The molecule has 0 spiro atoms. The van der Waals surface area contributed by atoms with Gasteiger partial charge in [0.2, 0.25) is 0 Å². The number of amides is 1. The molecule has 1 aliphatic rings. The standard InChI is InChI=1S/C16H22ClN3O/c1-12(2)11-19(3)15-14(17)9-13(10-18-15)16(21)20-7-5-4-6-8-20/h9-10H,1,4-8,11H2,2-3H3. The van der Waals surface area contributed by atoms with Crippen molar-refractivity contribution < 1.29 is 4.79 Å². The average Bonchev–Trinajstić information content (AvgIpc) is 2.46. The maximum absolute atomic E-state index is 12.4. The van der Waals surface area contributed by atoms with E-state index in [9.17, 15) is 4.79 Å². The van der Waals surface area contributed by atoms with Gasteiger partial charge in [0, 0.05) is 32.9 Å². The Hall–Kier alpha value is -1.55. The number of carbonyl (C=O) groups excluding carboxylic acids is 1. The van der Waals surface area contributed by atoms with E-state index in [-0.39, 0.29) is 5.91 Å². The molecule has 0 bridgehead atoms. The molecule has 0 radical (unpaired) electrons. The van der Waals surface area contributed by atoms with Crippen LogP contribution in [0.2, 0.25) is 5.02 Å². The van der Waals surface area contributed by atoms with E-state index < -0.39 is 0 Å². The predicted molar refractivity (Wildman–Crippen MR) is 87.1 cm³/mol. The number of likely N-dealkylation sites (tertiary alicyclic amines) is 1. The molecule has 1 saturated heterocycles. The molecule has 5 heteroatoms. The summed E-state index contributed by atoms with van der Waals surface area (Å²) in [5.74, 6) is 0.702. The first-order valence-corrected chi connectivity index (χ1v) is 7.67. The second kappa shape index (κ2) is 6.94. The molecular weight excluding hydrogens is 286 g/mol. The molecule has 1 fully saturated rings. The number of nitrogens with zero attached hydrogens (tertiary/aromatic N) is 3. The number of aromatic nitrogens is 1. The highest BCUT2D eigenvalue weighted by Crippen LogP contribution is 2.24. The molecule has 4 nitrogen and oxygen atoms in total. The average molecular weight is 308 g/mol. The Morgan fingerprint density at radius 1 is 1.43 bits per heavy atom. The van der Waals surface area contributed by atoms with E-state index in [4.69, 9.17) is 11.6 Å². The van der Waals surface area contributed by atoms with Crippen molar-refractivity contribution in [3.63, 3.8) is 0 Å². The number of rotatable bonds is 4. The van der Waals surface area contributed by atoms with Gasteiger partial charge in [0.15, 0.2) is 0 Å². The van der Waals surface area contributed by atoms with Gasteiger partial charge >= 0.3 is 0 Å². The molecule has 0 atom stereocenters. The molecule has 0 unspecified atom stereocenters. The number of pyridine rings is 1. The zero-order chi connectivity index (χ0) is 15.4. The SMILES string of the molecule is C=C(C)CN(C)c1ncc(C(=O)N2CCCCC2)cc1Cl. The lowest BCUT2D eigenvalue weighted by atomic mass is 10.1. The molecule has 1 aliphatic heterocycles. The number of likely N-dealkylation sites (N-methyl/N-ethyl adjacent to an activating group) is 1. The van der Waals surface area contributed by atoms with Crippen LogP contribution in [0.15, 0.2) is 24.4 Å². The number of anilines is 1. The zero-order valence-electron chi connectivity index (χ0n) is 12.7. The third-order valence-electron chi connectivity index (χ3n) is 3.58. The van der Waals surface area contributed by atoms with Crippen LogP contribution in [0.4, 0.5) is 5.82 Å². The lowest BCUT2D eigenvalue weighted by Gasteiger charge is -2.27. The van der Waals surface area contributed by atoms with E-state index in [2.05, 4.69) is 11.6 Å². The molecule has 1 amide bonds. The van der Waals surface area contributed by atoms with Crippen molar-refractivity contribution >= 4 is 23.3 Å². The highest BCUT2D eigenvalue weighted by Gasteiger charge is 2.20. The van der Waals surface area contributed by atoms with E-state index in [0.29, 0.717) is 22.9 Å². The summed E-state index contributed by atoms with van der Waals surface area (Å²) in [5.41, 5.74) is 1.60. The van der Waals surface area contributed by atoms with E-state index in [1.54, 1.807) is 12.3 Å². The fourth-order valence-electron chi connectivity index (χ4n) is 2.59. The third kappa shape index (κ3) is 3.97. The van der Waals surface area contributed by atoms with Gasteiger partial charge in [-0.1, -0.05) is 23.8 Å². The summed E-state index contributed by atoms with van der Waals surface area (Å²) in [6.45, 7) is 8.18. The Labute approximate surface area is 131 Å². The fraction of sp³-hybridized carbons (Fsp3) is 0.500. The van der Waals surface area contributed by atoms with Crippen LogP contribution < -0.4 is 4.90 Å². The lowest BCUT2D eigenvalue weighted by Crippen LogP contribution is -2.35. The van der Waals surface area contributed by atoms with Crippen LogP contribution in [-0.4, -0.2) is 42.5 Å². The van der Waals surface area contributed by atoms with Gasteiger partial charge in [0.05, 0.1) is 10.6 Å². The first-order valence-electron chi connectivity index (χ1n) is 7.29. The number of hydrogen-bond donors (Lipinski definition) is 0. The second-order valence-corrected chi connectivity index (χ2v) is 6.10. The van der Waals surface area contributed by atoms with E-state index in [1.165, 1.54) is 6.42 Å². The van der Waals surface area contributed by atoms with Crippen LogP contribution in [0.5, 0.6) is 0 Å². The van der Waals surface area contributed by atoms with Crippen molar-refractivity contribution in [2.45, 2.75) is 26.2 Å². The predicted octanol–water partition coefficient (Wildman–Crippen LogP) is 3.37.